The van der Waals surface area contributed by atoms with Crippen molar-refractivity contribution in [2.75, 3.05) is 26.4 Å². The highest BCUT2D eigenvalue weighted by molar-refractivity contribution is 5.85. The summed E-state index contributed by atoms with van der Waals surface area (Å²) in [5.74, 6) is 0. The van der Waals surface area contributed by atoms with Crippen LogP contribution in [0.25, 0.3) is 0 Å². The molecule has 0 aliphatic heterocycles. The molecule has 0 bridgehead atoms. The molecule has 0 rings (SSSR count). The van der Waals surface area contributed by atoms with E-state index in [1.807, 2.05) is 0 Å². The predicted molar refractivity (Wildman–Crippen MR) is 34.2 cm³/mol. The maximum atomic E-state index is 8.13. The van der Waals surface area contributed by atoms with Crippen LogP contribution in [0, 0.1) is 0 Å². The van der Waals surface area contributed by atoms with Gasteiger partial charge in [0.15, 0.2) is 0 Å². The smallest absolute Gasteiger partial charge is 0.0698 e. The summed E-state index contributed by atoms with van der Waals surface area (Å²) in [5.41, 5.74) is 5.06. The van der Waals surface area contributed by atoms with Gasteiger partial charge >= 0.3 is 0 Å². The van der Waals surface area contributed by atoms with Gasteiger partial charge in [0.1, 0.15) is 0 Å². The van der Waals surface area contributed by atoms with Gasteiger partial charge in [-0.05, 0) is 0 Å². The van der Waals surface area contributed by atoms with Crippen LogP contribution in [0.4, 0.5) is 0 Å². The second-order valence-electron chi connectivity index (χ2n) is 1.12. The highest BCUT2D eigenvalue weighted by atomic mass is 35.5. The van der Waals surface area contributed by atoms with Crippen LogP contribution in [-0.4, -0.2) is 31.5 Å². The normalized spacial score (nSPS) is 8.25. The highest BCUT2D eigenvalue weighted by Gasteiger charge is 1.78. The number of hydrogen-bond acceptors (Lipinski definition) is 3. The Kier molecular flexibility index (Phi) is 14.1. The van der Waals surface area contributed by atoms with Gasteiger partial charge in [0, 0.05) is 6.54 Å². The lowest BCUT2D eigenvalue weighted by molar-refractivity contribution is 0.0976. The lowest BCUT2D eigenvalue weighted by Crippen LogP contribution is -2.10. The number of halogens is 1. The molecule has 0 heterocycles. The van der Waals surface area contributed by atoms with Crippen molar-refractivity contribution in [1.29, 1.82) is 0 Å². The van der Waals surface area contributed by atoms with Gasteiger partial charge in [-0.25, -0.2) is 0 Å². The molecule has 0 saturated heterocycles. The molecule has 0 spiro atoms. The topological polar surface area (TPSA) is 55.5 Å². The first-order valence-corrected chi connectivity index (χ1v) is 2.30. The third-order valence-electron chi connectivity index (χ3n) is 0.498. The highest BCUT2D eigenvalue weighted by Crippen LogP contribution is 1.66. The van der Waals surface area contributed by atoms with Crippen molar-refractivity contribution < 1.29 is 9.84 Å². The van der Waals surface area contributed by atoms with Crippen LogP contribution < -0.4 is 5.73 Å². The van der Waals surface area contributed by atoms with Crippen molar-refractivity contribution in [2.45, 2.75) is 0 Å². The van der Waals surface area contributed by atoms with E-state index in [4.69, 9.17) is 15.6 Å². The van der Waals surface area contributed by atoms with E-state index in [0.717, 1.165) is 0 Å². The second-order valence-corrected chi connectivity index (χ2v) is 1.12. The molecular weight excluding hydrogens is 130 g/mol. The molecule has 0 amide bonds. The van der Waals surface area contributed by atoms with Gasteiger partial charge in [-0.2, -0.15) is 0 Å². The van der Waals surface area contributed by atoms with Gasteiger partial charge in [-0.1, -0.05) is 0 Å². The third kappa shape index (κ3) is 9.48. The average molecular weight is 142 g/mol. The minimum Gasteiger partial charge on any atom is -0.394 e. The van der Waals surface area contributed by atoms with Crippen LogP contribution in [0.15, 0.2) is 0 Å². The van der Waals surface area contributed by atoms with Crippen molar-refractivity contribution in [3.63, 3.8) is 0 Å². The maximum absolute atomic E-state index is 8.13. The zero-order valence-electron chi connectivity index (χ0n) is 4.67. The molecule has 0 aromatic rings. The van der Waals surface area contributed by atoms with Gasteiger partial charge in [0.05, 0.1) is 19.8 Å². The van der Waals surface area contributed by atoms with E-state index in [-0.39, 0.29) is 19.0 Å². The van der Waals surface area contributed by atoms with E-state index in [1.165, 1.54) is 0 Å². The minimum atomic E-state index is 0. The Balaban J connectivity index is 0. The summed E-state index contributed by atoms with van der Waals surface area (Å²) < 4.78 is 4.76. The first-order valence-electron chi connectivity index (χ1n) is 2.30. The first kappa shape index (κ1) is 11.0. The first-order chi connectivity index (χ1) is 3.41. The number of aliphatic hydroxyl groups is 1. The minimum absolute atomic E-state index is 0. The molecule has 0 radical (unpaired) electrons. The number of hydrogen-bond donors (Lipinski definition) is 2. The molecular formula is C4H12ClNO2. The Morgan fingerprint density at radius 1 is 1.38 bits per heavy atom. The molecule has 8 heavy (non-hydrogen) atoms. The number of ether oxygens (including phenoxy) is 1. The molecule has 0 aromatic heterocycles. The summed E-state index contributed by atoms with van der Waals surface area (Å²) in [7, 11) is 0. The van der Waals surface area contributed by atoms with Crippen molar-refractivity contribution in [3.8, 4) is 0 Å². The van der Waals surface area contributed by atoms with Crippen LogP contribution in [0.3, 0.4) is 0 Å². The lowest BCUT2D eigenvalue weighted by Gasteiger charge is -1.95. The Labute approximate surface area is 55.2 Å². The molecule has 3 N–H and O–H groups in total. The summed E-state index contributed by atoms with van der Waals surface area (Å²) >= 11 is 0. The van der Waals surface area contributed by atoms with Gasteiger partial charge in [0.2, 0.25) is 0 Å². The summed E-state index contributed by atoms with van der Waals surface area (Å²) in [6.45, 7) is 1.55. The molecule has 4 heteroatoms. The maximum Gasteiger partial charge on any atom is 0.0698 e. The van der Waals surface area contributed by atoms with Crippen LogP contribution in [-0.2, 0) is 4.74 Å². The Hall–Kier alpha value is 0.170. The summed E-state index contributed by atoms with van der Waals surface area (Å²) in [6, 6.07) is 0. The molecule has 0 aromatic carbocycles. The van der Waals surface area contributed by atoms with E-state index >= 15 is 0 Å². The molecule has 0 aliphatic carbocycles. The zero-order chi connectivity index (χ0) is 5.54. The summed E-state index contributed by atoms with van der Waals surface area (Å²) in [6.07, 6.45) is 0. The van der Waals surface area contributed by atoms with E-state index in [2.05, 4.69) is 0 Å². The van der Waals surface area contributed by atoms with Crippen LogP contribution >= 0.6 is 12.4 Å². The van der Waals surface area contributed by atoms with Crippen molar-refractivity contribution in [2.24, 2.45) is 5.73 Å². The van der Waals surface area contributed by atoms with E-state index in [0.29, 0.717) is 19.8 Å². The van der Waals surface area contributed by atoms with E-state index < -0.39 is 0 Å². The quantitative estimate of drug-likeness (QED) is 0.513. The van der Waals surface area contributed by atoms with Crippen molar-refractivity contribution in [1.82, 2.24) is 0 Å². The number of aliphatic hydroxyl groups excluding tert-OH is 1. The molecule has 0 unspecified atom stereocenters. The van der Waals surface area contributed by atoms with Crippen molar-refractivity contribution >= 4 is 12.4 Å². The Morgan fingerprint density at radius 2 is 2.00 bits per heavy atom. The summed E-state index contributed by atoms with van der Waals surface area (Å²) in [4.78, 5) is 0. The fourth-order valence-electron chi connectivity index (χ4n) is 0.250. The van der Waals surface area contributed by atoms with Crippen molar-refractivity contribution in [3.05, 3.63) is 0 Å². The molecule has 3 nitrogen and oxygen atoms in total. The fourth-order valence-corrected chi connectivity index (χ4v) is 0.250. The van der Waals surface area contributed by atoms with E-state index in [1.54, 1.807) is 0 Å². The average Bonchev–Trinajstić information content (AvgIpc) is 1.69. The van der Waals surface area contributed by atoms with Crippen LogP contribution in [0.5, 0.6) is 0 Å². The molecule has 0 atom stereocenters. The number of nitrogens with two attached hydrogens (primary N) is 1. The SMILES string of the molecule is Cl.NCCOCCO. The standard InChI is InChI=1S/C4H11NO2.ClH/c5-1-3-7-4-2-6;/h6H,1-5H2;1H. The van der Waals surface area contributed by atoms with Gasteiger partial charge < -0.3 is 15.6 Å². The predicted octanol–water partition coefficient (Wildman–Crippen LogP) is -0.624. The molecule has 0 aliphatic rings. The Bertz CT molecular complexity index is 33.2. The largest absolute Gasteiger partial charge is 0.394 e. The molecule has 52 valence electrons. The van der Waals surface area contributed by atoms with Crippen LogP contribution in [0.1, 0.15) is 0 Å². The summed E-state index contributed by atoms with van der Waals surface area (Å²) in [5, 5.41) is 8.13. The third-order valence-corrected chi connectivity index (χ3v) is 0.498. The fraction of sp³-hybridized carbons (Fsp3) is 1.00. The van der Waals surface area contributed by atoms with Gasteiger partial charge in [-0.3, -0.25) is 0 Å². The molecule has 0 fully saturated rings. The second kappa shape index (κ2) is 10.2. The van der Waals surface area contributed by atoms with Gasteiger partial charge in [0.25, 0.3) is 0 Å². The molecule has 0 saturated carbocycles. The monoisotopic (exact) mass is 141 g/mol. The van der Waals surface area contributed by atoms with E-state index in [9.17, 15) is 0 Å². The number of rotatable bonds is 4. The lowest BCUT2D eigenvalue weighted by atomic mass is 10.7. The zero-order valence-corrected chi connectivity index (χ0v) is 5.49. The van der Waals surface area contributed by atoms with Gasteiger partial charge in [-0.15, -0.1) is 12.4 Å². The Morgan fingerprint density at radius 3 is 2.38 bits per heavy atom. The van der Waals surface area contributed by atoms with Crippen LogP contribution in [0.2, 0.25) is 0 Å².